The Morgan fingerprint density at radius 3 is 2.39 bits per heavy atom. The molecule has 1 aromatic carbocycles. The Morgan fingerprint density at radius 1 is 1.28 bits per heavy atom. The number of alkyl halides is 1. The van der Waals surface area contributed by atoms with E-state index in [-0.39, 0.29) is 24.6 Å². The van der Waals surface area contributed by atoms with Crippen LogP contribution in [-0.2, 0) is 9.53 Å². The maximum Gasteiger partial charge on any atom is 0.414 e. The highest BCUT2D eigenvalue weighted by molar-refractivity contribution is 6.27. The molecule has 0 aliphatic heterocycles. The zero-order valence-corrected chi connectivity index (χ0v) is 11.2. The van der Waals surface area contributed by atoms with Gasteiger partial charge in [0, 0.05) is 18.7 Å². The lowest BCUT2D eigenvalue weighted by molar-refractivity contribution is -0.116. The van der Waals surface area contributed by atoms with Crippen molar-refractivity contribution < 1.29 is 14.3 Å². The van der Waals surface area contributed by atoms with Crippen molar-refractivity contribution in [1.82, 2.24) is 0 Å². The predicted octanol–water partition coefficient (Wildman–Crippen LogP) is 2.77. The molecule has 0 bridgehead atoms. The molecule has 1 rings (SSSR count). The second-order valence-corrected chi connectivity index (χ2v) is 4.15. The summed E-state index contributed by atoms with van der Waals surface area (Å²) < 4.78 is 4.71. The summed E-state index contributed by atoms with van der Waals surface area (Å²) in [4.78, 5) is 24.3. The number of nitrogens with zero attached hydrogens (tertiary/aromatic N) is 1. The summed E-state index contributed by atoms with van der Waals surface area (Å²) in [5, 5.41) is 0. The maximum absolute atomic E-state index is 11.7. The number of hydrogen-bond acceptors (Lipinski definition) is 3. The van der Waals surface area contributed by atoms with Gasteiger partial charge < -0.3 is 4.74 Å². The third-order valence-corrected chi connectivity index (χ3v) is 2.80. The number of amides is 1. The van der Waals surface area contributed by atoms with Crippen LogP contribution >= 0.6 is 11.6 Å². The second kappa shape index (κ2) is 7.01. The summed E-state index contributed by atoms with van der Waals surface area (Å²) in [5.74, 6) is -0.138. The number of hydrogen-bond donors (Lipinski definition) is 0. The lowest BCUT2D eigenvalue weighted by Crippen LogP contribution is -2.33. The molecule has 0 radical (unpaired) electrons. The molecule has 98 valence electrons. The number of methoxy groups -OCH3 is 1. The number of rotatable bonds is 5. The zero-order valence-electron chi connectivity index (χ0n) is 10.5. The van der Waals surface area contributed by atoms with Gasteiger partial charge in [0.15, 0.2) is 0 Å². The van der Waals surface area contributed by atoms with E-state index in [0.29, 0.717) is 5.69 Å². The van der Waals surface area contributed by atoms with E-state index in [1.54, 1.807) is 0 Å². The number of benzene rings is 1. The Morgan fingerprint density at radius 2 is 1.89 bits per heavy atom. The molecule has 18 heavy (non-hydrogen) atoms. The molecule has 1 amide bonds. The normalized spacial score (nSPS) is 9.94. The SMILES string of the molecule is COC(=O)N(CCC(=O)CCl)c1ccc(C)cc1. The monoisotopic (exact) mass is 269 g/mol. The summed E-state index contributed by atoms with van der Waals surface area (Å²) in [6.45, 7) is 2.23. The van der Waals surface area contributed by atoms with Crippen molar-refractivity contribution in [3.8, 4) is 0 Å². The van der Waals surface area contributed by atoms with Crippen molar-refractivity contribution >= 4 is 29.2 Å². The van der Waals surface area contributed by atoms with E-state index < -0.39 is 6.09 Å². The summed E-state index contributed by atoms with van der Waals surface area (Å²) in [5.41, 5.74) is 1.80. The van der Waals surface area contributed by atoms with Crippen LogP contribution in [0.5, 0.6) is 0 Å². The Kier molecular flexibility index (Phi) is 5.65. The number of aryl methyl sites for hydroxylation is 1. The van der Waals surface area contributed by atoms with Crippen LogP contribution in [0.25, 0.3) is 0 Å². The number of ether oxygens (including phenoxy) is 1. The van der Waals surface area contributed by atoms with Crippen LogP contribution in [0.3, 0.4) is 0 Å². The fraction of sp³-hybridized carbons (Fsp3) is 0.385. The van der Waals surface area contributed by atoms with Crippen LogP contribution in [-0.4, -0.2) is 31.4 Å². The average molecular weight is 270 g/mol. The minimum Gasteiger partial charge on any atom is -0.452 e. The molecule has 0 aliphatic rings. The molecule has 0 unspecified atom stereocenters. The van der Waals surface area contributed by atoms with Gasteiger partial charge in [-0.15, -0.1) is 11.6 Å². The first-order valence-electron chi connectivity index (χ1n) is 5.58. The smallest absolute Gasteiger partial charge is 0.414 e. The maximum atomic E-state index is 11.7. The van der Waals surface area contributed by atoms with E-state index in [1.165, 1.54) is 12.0 Å². The molecule has 0 saturated carbocycles. The van der Waals surface area contributed by atoms with Crippen molar-refractivity contribution in [1.29, 1.82) is 0 Å². The van der Waals surface area contributed by atoms with E-state index in [2.05, 4.69) is 0 Å². The van der Waals surface area contributed by atoms with Crippen LogP contribution in [0.1, 0.15) is 12.0 Å². The average Bonchev–Trinajstić information content (AvgIpc) is 2.40. The summed E-state index contributed by atoms with van der Waals surface area (Å²) in [6, 6.07) is 7.43. The minimum absolute atomic E-state index is 0.0388. The Labute approximate surface area is 111 Å². The lowest BCUT2D eigenvalue weighted by atomic mass is 10.2. The Balaban J connectivity index is 2.81. The Bertz CT molecular complexity index is 417. The standard InChI is InChI=1S/C13H16ClNO3/c1-10-3-5-11(6-4-10)15(13(17)18-2)8-7-12(16)9-14/h3-6H,7-9H2,1-2H3. The summed E-state index contributed by atoms with van der Waals surface area (Å²) >= 11 is 5.43. The van der Waals surface area contributed by atoms with Crippen LogP contribution in [0.2, 0.25) is 0 Å². The molecule has 5 heteroatoms. The highest BCUT2D eigenvalue weighted by atomic mass is 35.5. The number of carbonyl (C=O) groups is 2. The zero-order chi connectivity index (χ0) is 13.5. The third-order valence-electron chi connectivity index (χ3n) is 2.50. The first kappa shape index (κ1) is 14.5. The number of carbonyl (C=O) groups excluding carboxylic acids is 2. The lowest BCUT2D eigenvalue weighted by Gasteiger charge is -2.20. The fourth-order valence-corrected chi connectivity index (χ4v) is 1.60. The first-order valence-corrected chi connectivity index (χ1v) is 6.11. The number of anilines is 1. The van der Waals surface area contributed by atoms with Gasteiger partial charge in [-0.05, 0) is 19.1 Å². The van der Waals surface area contributed by atoms with Crippen molar-refractivity contribution in [2.75, 3.05) is 24.4 Å². The molecule has 0 fully saturated rings. The van der Waals surface area contributed by atoms with Gasteiger partial charge in [-0.1, -0.05) is 17.7 Å². The molecule has 0 aromatic heterocycles. The fourth-order valence-electron chi connectivity index (χ4n) is 1.46. The Hall–Kier alpha value is -1.55. The molecule has 1 aromatic rings. The molecule has 0 spiro atoms. The van der Waals surface area contributed by atoms with Gasteiger partial charge in [-0.25, -0.2) is 4.79 Å². The molecule has 0 atom stereocenters. The quantitative estimate of drug-likeness (QED) is 0.772. The predicted molar refractivity (Wildman–Crippen MR) is 71.3 cm³/mol. The molecular weight excluding hydrogens is 254 g/mol. The van der Waals surface area contributed by atoms with Gasteiger partial charge >= 0.3 is 6.09 Å². The van der Waals surface area contributed by atoms with Crippen LogP contribution < -0.4 is 4.90 Å². The van der Waals surface area contributed by atoms with E-state index >= 15 is 0 Å². The highest BCUT2D eigenvalue weighted by Gasteiger charge is 2.16. The molecule has 0 aliphatic carbocycles. The largest absolute Gasteiger partial charge is 0.452 e. The molecular formula is C13H16ClNO3. The van der Waals surface area contributed by atoms with Gasteiger partial charge in [-0.3, -0.25) is 9.69 Å². The minimum atomic E-state index is -0.485. The second-order valence-electron chi connectivity index (χ2n) is 3.88. The van der Waals surface area contributed by atoms with Gasteiger partial charge in [0.05, 0.1) is 13.0 Å². The number of Topliss-reactive ketones (excluding diaryl/α,β-unsaturated/α-hetero) is 1. The van der Waals surface area contributed by atoms with E-state index in [9.17, 15) is 9.59 Å². The van der Waals surface area contributed by atoms with Crippen molar-refractivity contribution in [2.24, 2.45) is 0 Å². The third kappa shape index (κ3) is 4.04. The topological polar surface area (TPSA) is 46.6 Å². The highest BCUT2D eigenvalue weighted by Crippen LogP contribution is 2.16. The molecule has 0 heterocycles. The van der Waals surface area contributed by atoms with Crippen molar-refractivity contribution in [3.63, 3.8) is 0 Å². The van der Waals surface area contributed by atoms with Crippen LogP contribution in [0.15, 0.2) is 24.3 Å². The van der Waals surface area contributed by atoms with E-state index in [4.69, 9.17) is 16.3 Å². The molecule has 4 nitrogen and oxygen atoms in total. The number of ketones is 1. The summed E-state index contributed by atoms with van der Waals surface area (Å²) in [7, 11) is 1.31. The summed E-state index contributed by atoms with van der Waals surface area (Å²) in [6.07, 6.45) is -0.270. The van der Waals surface area contributed by atoms with E-state index in [0.717, 1.165) is 5.56 Å². The van der Waals surface area contributed by atoms with Crippen molar-refractivity contribution in [2.45, 2.75) is 13.3 Å². The van der Waals surface area contributed by atoms with Gasteiger partial charge in [0.2, 0.25) is 0 Å². The molecule has 0 saturated heterocycles. The van der Waals surface area contributed by atoms with Gasteiger partial charge in [0.1, 0.15) is 5.78 Å². The first-order chi connectivity index (χ1) is 8.58. The van der Waals surface area contributed by atoms with Crippen LogP contribution in [0, 0.1) is 6.92 Å². The number of halogens is 1. The van der Waals surface area contributed by atoms with Gasteiger partial charge in [-0.2, -0.15) is 0 Å². The molecule has 0 N–H and O–H groups in total. The van der Waals surface area contributed by atoms with E-state index in [1.807, 2.05) is 31.2 Å². The van der Waals surface area contributed by atoms with Crippen molar-refractivity contribution in [3.05, 3.63) is 29.8 Å². The van der Waals surface area contributed by atoms with Crippen LogP contribution in [0.4, 0.5) is 10.5 Å². The van der Waals surface area contributed by atoms with Gasteiger partial charge in [0.25, 0.3) is 0 Å².